The highest BCUT2D eigenvalue weighted by molar-refractivity contribution is 6.10. The zero-order chi connectivity index (χ0) is 11.4. The first kappa shape index (κ1) is 10.1. The zero-order valence-corrected chi connectivity index (χ0v) is 8.55. The fraction of sp³-hybridized carbons (Fsp3) is 0. The topological polar surface area (TPSA) is 40.9 Å². The number of ketones is 1. The van der Waals surface area contributed by atoms with Crippen LogP contribution in [0.1, 0.15) is 21.5 Å². The van der Waals surface area contributed by atoms with E-state index in [2.05, 4.69) is 0 Å². The molecule has 2 heteroatoms. The van der Waals surface area contributed by atoms with Gasteiger partial charge in [-0.25, -0.2) is 0 Å². The molecule has 0 bridgehead atoms. The minimum Gasteiger partial charge on any atom is -0.289 e. The van der Waals surface area contributed by atoms with Crippen LogP contribution >= 0.6 is 0 Å². The van der Waals surface area contributed by atoms with Crippen molar-refractivity contribution in [2.45, 2.75) is 0 Å². The predicted molar refractivity (Wildman–Crippen MR) is 61.0 cm³/mol. The van der Waals surface area contributed by atoms with E-state index < -0.39 is 0 Å². The van der Waals surface area contributed by atoms with Gasteiger partial charge in [-0.05, 0) is 12.1 Å². The van der Waals surface area contributed by atoms with E-state index in [1.54, 1.807) is 36.4 Å². The summed E-state index contributed by atoms with van der Waals surface area (Å²) in [4.78, 5) is 12.1. The van der Waals surface area contributed by atoms with Gasteiger partial charge in [-0.15, -0.1) is 0 Å². The third-order valence-electron chi connectivity index (χ3n) is 2.33. The Morgan fingerprint density at radius 2 is 1.56 bits per heavy atom. The van der Waals surface area contributed by atoms with Gasteiger partial charge in [-0.2, -0.15) is 5.26 Å². The Bertz CT molecular complexity index is 552. The van der Waals surface area contributed by atoms with Crippen LogP contribution in [0.25, 0.3) is 0 Å². The monoisotopic (exact) mass is 207 g/mol. The van der Waals surface area contributed by atoms with Crippen LogP contribution in [-0.2, 0) is 0 Å². The Kier molecular flexibility index (Phi) is 2.79. The Morgan fingerprint density at radius 3 is 2.25 bits per heavy atom. The standard InChI is InChI=1S/C14H9NO/c15-10-12-8-4-5-9-13(12)14(16)11-6-2-1-3-7-11/h1-9H. The van der Waals surface area contributed by atoms with Gasteiger partial charge in [0.05, 0.1) is 11.6 Å². The first-order valence-corrected chi connectivity index (χ1v) is 4.92. The number of nitrogens with zero attached hydrogens (tertiary/aromatic N) is 1. The van der Waals surface area contributed by atoms with Crippen molar-refractivity contribution in [3.8, 4) is 6.07 Å². The van der Waals surface area contributed by atoms with Crippen molar-refractivity contribution in [1.29, 1.82) is 5.26 Å². The molecular formula is C14H9NO. The summed E-state index contributed by atoms with van der Waals surface area (Å²) >= 11 is 0. The SMILES string of the molecule is N#Cc1ccccc1C(=O)c1ccccc1. The maximum Gasteiger partial charge on any atom is 0.194 e. The Hall–Kier alpha value is -2.40. The summed E-state index contributed by atoms with van der Waals surface area (Å²) < 4.78 is 0. The predicted octanol–water partition coefficient (Wildman–Crippen LogP) is 2.79. The molecule has 0 aliphatic heterocycles. The number of carbonyl (C=O) groups is 1. The molecule has 0 saturated carbocycles. The highest BCUT2D eigenvalue weighted by Crippen LogP contribution is 2.13. The molecule has 0 unspecified atom stereocenters. The van der Waals surface area contributed by atoms with Crippen LogP contribution < -0.4 is 0 Å². The maximum absolute atomic E-state index is 12.1. The summed E-state index contributed by atoms with van der Waals surface area (Å²) in [5.41, 5.74) is 1.47. The van der Waals surface area contributed by atoms with Crippen molar-refractivity contribution in [3.05, 3.63) is 71.3 Å². The first-order chi connectivity index (χ1) is 7.83. The van der Waals surface area contributed by atoms with Crippen LogP contribution in [-0.4, -0.2) is 5.78 Å². The quantitative estimate of drug-likeness (QED) is 0.710. The molecule has 2 rings (SSSR count). The van der Waals surface area contributed by atoms with Gasteiger partial charge < -0.3 is 0 Å². The molecule has 0 saturated heterocycles. The number of rotatable bonds is 2. The third-order valence-corrected chi connectivity index (χ3v) is 2.33. The molecule has 2 aromatic carbocycles. The van der Waals surface area contributed by atoms with Crippen molar-refractivity contribution >= 4 is 5.78 Å². The van der Waals surface area contributed by atoms with E-state index in [0.717, 1.165) is 0 Å². The van der Waals surface area contributed by atoms with Gasteiger partial charge in [0.15, 0.2) is 5.78 Å². The van der Waals surface area contributed by atoms with E-state index in [0.29, 0.717) is 16.7 Å². The van der Waals surface area contributed by atoms with E-state index in [1.165, 1.54) is 0 Å². The number of carbonyl (C=O) groups excluding carboxylic acids is 1. The maximum atomic E-state index is 12.1. The number of benzene rings is 2. The Labute approximate surface area is 93.8 Å². The van der Waals surface area contributed by atoms with Crippen LogP contribution in [0.2, 0.25) is 0 Å². The fourth-order valence-corrected chi connectivity index (χ4v) is 1.52. The van der Waals surface area contributed by atoms with Crippen molar-refractivity contribution < 1.29 is 4.79 Å². The van der Waals surface area contributed by atoms with Crippen molar-refractivity contribution in [2.75, 3.05) is 0 Å². The van der Waals surface area contributed by atoms with Crippen LogP contribution in [0.4, 0.5) is 0 Å². The first-order valence-electron chi connectivity index (χ1n) is 4.92. The van der Waals surface area contributed by atoms with Crippen LogP contribution in [0, 0.1) is 11.3 Å². The van der Waals surface area contributed by atoms with Crippen LogP contribution in [0.15, 0.2) is 54.6 Å². The third kappa shape index (κ3) is 1.84. The molecule has 0 atom stereocenters. The number of hydrogen-bond donors (Lipinski definition) is 0. The molecule has 0 heterocycles. The van der Waals surface area contributed by atoms with E-state index in [-0.39, 0.29) is 5.78 Å². The highest BCUT2D eigenvalue weighted by atomic mass is 16.1. The summed E-state index contributed by atoms with van der Waals surface area (Å²) in [5.74, 6) is -0.113. The normalized spacial score (nSPS) is 9.44. The number of nitriles is 1. The van der Waals surface area contributed by atoms with Crippen molar-refractivity contribution in [3.63, 3.8) is 0 Å². The summed E-state index contributed by atoms with van der Waals surface area (Å²) in [6.45, 7) is 0. The van der Waals surface area contributed by atoms with Crippen molar-refractivity contribution in [1.82, 2.24) is 0 Å². The Balaban J connectivity index is 2.47. The van der Waals surface area contributed by atoms with Gasteiger partial charge >= 0.3 is 0 Å². The minimum atomic E-state index is -0.113. The second-order valence-corrected chi connectivity index (χ2v) is 3.35. The van der Waals surface area contributed by atoms with Crippen LogP contribution in [0.5, 0.6) is 0 Å². The molecule has 0 amide bonds. The van der Waals surface area contributed by atoms with Gasteiger partial charge in [-0.3, -0.25) is 4.79 Å². The minimum absolute atomic E-state index is 0.113. The number of hydrogen-bond acceptors (Lipinski definition) is 2. The second kappa shape index (κ2) is 4.41. The largest absolute Gasteiger partial charge is 0.289 e. The van der Waals surface area contributed by atoms with Gasteiger partial charge in [0.1, 0.15) is 0 Å². The summed E-state index contributed by atoms with van der Waals surface area (Å²) in [6.07, 6.45) is 0. The average Bonchev–Trinajstić information content (AvgIpc) is 2.39. The van der Waals surface area contributed by atoms with E-state index >= 15 is 0 Å². The van der Waals surface area contributed by atoms with E-state index in [1.807, 2.05) is 24.3 Å². The lowest BCUT2D eigenvalue weighted by Crippen LogP contribution is -2.03. The molecule has 0 radical (unpaired) electrons. The van der Waals surface area contributed by atoms with Gasteiger partial charge in [0.25, 0.3) is 0 Å². The summed E-state index contributed by atoms with van der Waals surface area (Å²) in [7, 11) is 0. The molecule has 16 heavy (non-hydrogen) atoms. The average molecular weight is 207 g/mol. The summed E-state index contributed by atoms with van der Waals surface area (Å²) in [6, 6.07) is 17.8. The molecule has 0 aliphatic carbocycles. The van der Waals surface area contributed by atoms with Crippen molar-refractivity contribution in [2.24, 2.45) is 0 Å². The smallest absolute Gasteiger partial charge is 0.194 e. The molecule has 2 aromatic rings. The fourth-order valence-electron chi connectivity index (χ4n) is 1.52. The lowest BCUT2D eigenvalue weighted by molar-refractivity contribution is 0.103. The molecule has 76 valence electrons. The van der Waals surface area contributed by atoms with Crippen LogP contribution in [0.3, 0.4) is 0 Å². The van der Waals surface area contributed by atoms with Gasteiger partial charge in [0.2, 0.25) is 0 Å². The lowest BCUT2D eigenvalue weighted by atomic mass is 9.99. The molecule has 2 nitrogen and oxygen atoms in total. The summed E-state index contributed by atoms with van der Waals surface area (Å²) in [5, 5.41) is 8.91. The lowest BCUT2D eigenvalue weighted by Gasteiger charge is -2.02. The zero-order valence-electron chi connectivity index (χ0n) is 8.55. The molecule has 0 N–H and O–H groups in total. The van der Waals surface area contributed by atoms with Gasteiger partial charge in [0, 0.05) is 11.1 Å². The molecular weight excluding hydrogens is 198 g/mol. The molecule has 0 spiro atoms. The molecule has 0 fully saturated rings. The Morgan fingerprint density at radius 1 is 0.938 bits per heavy atom. The highest BCUT2D eigenvalue weighted by Gasteiger charge is 2.11. The van der Waals surface area contributed by atoms with E-state index in [4.69, 9.17) is 5.26 Å². The van der Waals surface area contributed by atoms with E-state index in [9.17, 15) is 4.79 Å². The molecule has 0 aromatic heterocycles. The van der Waals surface area contributed by atoms with Gasteiger partial charge in [-0.1, -0.05) is 42.5 Å². The molecule has 0 aliphatic rings. The second-order valence-electron chi connectivity index (χ2n) is 3.35.